The molecular formula is C20H21FN2O4S2. The van der Waals surface area contributed by atoms with Crippen LogP contribution in [0.1, 0.15) is 28.4 Å². The lowest BCUT2D eigenvalue weighted by Gasteiger charge is -2.26. The highest BCUT2D eigenvalue weighted by Gasteiger charge is 2.27. The molecule has 2 heterocycles. The number of carbonyl (C=O) groups excluding carboxylic acids is 1. The van der Waals surface area contributed by atoms with Gasteiger partial charge in [-0.05, 0) is 42.3 Å². The summed E-state index contributed by atoms with van der Waals surface area (Å²) in [5.74, 6) is 0.131. The zero-order chi connectivity index (χ0) is 20.4. The number of nitrogens with zero attached hydrogens (tertiary/aromatic N) is 1. The predicted molar refractivity (Wildman–Crippen MR) is 108 cm³/mol. The van der Waals surface area contributed by atoms with Crippen LogP contribution in [-0.4, -0.2) is 50.7 Å². The summed E-state index contributed by atoms with van der Waals surface area (Å²) in [6.07, 6.45) is 0.705. The first-order chi connectivity index (χ1) is 14.0. The Morgan fingerprint density at radius 2 is 1.86 bits per heavy atom. The zero-order valence-corrected chi connectivity index (χ0v) is 17.3. The van der Waals surface area contributed by atoms with E-state index < -0.39 is 10.0 Å². The molecule has 0 bridgehead atoms. The van der Waals surface area contributed by atoms with Crippen molar-refractivity contribution in [3.63, 3.8) is 0 Å². The number of halogens is 1. The molecule has 0 unspecified atom stereocenters. The fourth-order valence-corrected chi connectivity index (χ4v) is 6.04. The zero-order valence-electron chi connectivity index (χ0n) is 15.6. The van der Waals surface area contributed by atoms with Crippen molar-refractivity contribution in [2.45, 2.75) is 22.3 Å². The normalized spacial score (nSPS) is 20.1. The Hall–Kier alpha value is -1.94. The second-order valence-corrected chi connectivity index (χ2v) is 9.91. The maximum absolute atomic E-state index is 14.0. The van der Waals surface area contributed by atoms with E-state index in [2.05, 4.69) is 5.32 Å². The Morgan fingerprint density at radius 3 is 2.59 bits per heavy atom. The first-order valence-corrected chi connectivity index (χ1v) is 11.8. The van der Waals surface area contributed by atoms with Gasteiger partial charge in [0.2, 0.25) is 10.0 Å². The summed E-state index contributed by atoms with van der Waals surface area (Å²) >= 11 is 1.45. The number of carbonyl (C=O) groups is 1. The van der Waals surface area contributed by atoms with Crippen molar-refractivity contribution in [1.29, 1.82) is 0 Å². The number of amides is 1. The van der Waals surface area contributed by atoms with Gasteiger partial charge in [-0.25, -0.2) is 12.8 Å². The highest BCUT2D eigenvalue weighted by Crippen LogP contribution is 2.37. The maximum Gasteiger partial charge on any atom is 0.251 e. The van der Waals surface area contributed by atoms with E-state index in [9.17, 15) is 17.6 Å². The molecule has 2 aliphatic rings. The van der Waals surface area contributed by atoms with Gasteiger partial charge in [0.05, 0.1) is 24.2 Å². The number of sulfonamides is 1. The van der Waals surface area contributed by atoms with E-state index in [1.807, 2.05) is 6.07 Å². The molecule has 6 nitrogen and oxygen atoms in total. The highest BCUT2D eigenvalue weighted by molar-refractivity contribution is 7.99. The van der Waals surface area contributed by atoms with Crippen LogP contribution >= 0.6 is 11.8 Å². The molecule has 0 spiro atoms. The highest BCUT2D eigenvalue weighted by atomic mass is 32.2. The number of fused-ring (bicyclic) bond motifs is 1. The molecule has 2 aromatic rings. The van der Waals surface area contributed by atoms with E-state index in [0.717, 1.165) is 11.3 Å². The fraction of sp³-hybridized carbons (Fsp3) is 0.350. The standard InChI is InChI=1S/C20H21FN2O4S2/c21-17-3-1-2-16-18(8-13-28-19(16)17)22-20(24)14-4-6-15(7-5-14)29(25,26)23-9-11-27-12-10-23/h1-7,18H,8-13H2,(H,22,24)/t18-/m0/s1. The molecule has 29 heavy (non-hydrogen) atoms. The molecule has 9 heteroatoms. The van der Waals surface area contributed by atoms with Crippen molar-refractivity contribution in [3.05, 3.63) is 59.4 Å². The number of thioether (sulfide) groups is 1. The van der Waals surface area contributed by atoms with Crippen LogP contribution in [0.15, 0.2) is 52.3 Å². The van der Waals surface area contributed by atoms with Gasteiger partial charge in [-0.2, -0.15) is 4.31 Å². The maximum atomic E-state index is 14.0. The van der Waals surface area contributed by atoms with Gasteiger partial charge in [-0.1, -0.05) is 12.1 Å². The lowest BCUT2D eigenvalue weighted by atomic mass is 10.0. The van der Waals surface area contributed by atoms with Crippen LogP contribution in [0, 0.1) is 5.82 Å². The molecular weight excluding hydrogens is 415 g/mol. The minimum Gasteiger partial charge on any atom is -0.379 e. The molecule has 1 fully saturated rings. The summed E-state index contributed by atoms with van der Waals surface area (Å²) in [5, 5.41) is 2.94. The second-order valence-electron chi connectivity index (χ2n) is 6.86. The summed E-state index contributed by atoms with van der Waals surface area (Å²) in [6, 6.07) is 10.5. The molecule has 1 atom stereocenters. The number of hydrogen-bond donors (Lipinski definition) is 1. The SMILES string of the molecule is O=C(N[C@H]1CCSc2c(F)cccc21)c1ccc(S(=O)(=O)N2CCOCC2)cc1. The van der Waals surface area contributed by atoms with Gasteiger partial charge >= 0.3 is 0 Å². The third-order valence-corrected chi connectivity index (χ3v) is 8.13. The summed E-state index contributed by atoms with van der Waals surface area (Å²) < 4.78 is 46.0. The summed E-state index contributed by atoms with van der Waals surface area (Å²) in [4.78, 5) is 13.4. The van der Waals surface area contributed by atoms with Gasteiger partial charge < -0.3 is 10.1 Å². The smallest absolute Gasteiger partial charge is 0.251 e. The lowest BCUT2D eigenvalue weighted by Crippen LogP contribution is -2.40. The number of rotatable bonds is 4. The predicted octanol–water partition coefficient (Wildman–Crippen LogP) is 2.81. The number of hydrogen-bond acceptors (Lipinski definition) is 5. The lowest BCUT2D eigenvalue weighted by molar-refractivity contribution is 0.0730. The van der Waals surface area contributed by atoms with Gasteiger partial charge in [0.15, 0.2) is 0 Å². The molecule has 1 amide bonds. The number of morpholine rings is 1. The minimum absolute atomic E-state index is 0.150. The van der Waals surface area contributed by atoms with Crippen molar-refractivity contribution < 1.29 is 22.3 Å². The average Bonchev–Trinajstić information content (AvgIpc) is 2.75. The molecule has 0 aromatic heterocycles. The Bertz CT molecular complexity index is 1010. The van der Waals surface area contributed by atoms with Crippen molar-refractivity contribution in [2.24, 2.45) is 0 Å². The molecule has 1 N–H and O–H groups in total. The van der Waals surface area contributed by atoms with Crippen molar-refractivity contribution >= 4 is 27.7 Å². The van der Waals surface area contributed by atoms with Crippen LogP contribution < -0.4 is 5.32 Å². The third-order valence-electron chi connectivity index (χ3n) is 5.06. The van der Waals surface area contributed by atoms with E-state index in [1.54, 1.807) is 6.07 Å². The Morgan fingerprint density at radius 1 is 1.14 bits per heavy atom. The second kappa shape index (κ2) is 8.43. The topological polar surface area (TPSA) is 75.7 Å². The summed E-state index contributed by atoms with van der Waals surface area (Å²) in [6.45, 7) is 1.39. The Balaban J connectivity index is 1.49. The summed E-state index contributed by atoms with van der Waals surface area (Å²) in [7, 11) is -3.60. The van der Waals surface area contributed by atoms with E-state index in [4.69, 9.17) is 4.74 Å². The van der Waals surface area contributed by atoms with Crippen molar-refractivity contribution in [2.75, 3.05) is 32.1 Å². The van der Waals surface area contributed by atoms with Crippen LogP contribution in [0.5, 0.6) is 0 Å². The molecule has 0 saturated carbocycles. The molecule has 154 valence electrons. The Labute approximate surface area is 173 Å². The van der Waals surface area contributed by atoms with Crippen LogP contribution in [0.3, 0.4) is 0 Å². The van der Waals surface area contributed by atoms with Gasteiger partial charge in [0.25, 0.3) is 5.91 Å². The molecule has 0 radical (unpaired) electrons. The van der Waals surface area contributed by atoms with E-state index in [0.29, 0.717) is 43.2 Å². The van der Waals surface area contributed by atoms with Gasteiger partial charge in [0.1, 0.15) is 5.82 Å². The Kier molecular flexibility index (Phi) is 5.91. The van der Waals surface area contributed by atoms with Crippen molar-refractivity contribution in [1.82, 2.24) is 9.62 Å². The van der Waals surface area contributed by atoms with Crippen LogP contribution in [-0.2, 0) is 14.8 Å². The van der Waals surface area contributed by atoms with E-state index in [1.165, 1.54) is 46.4 Å². The summed E-state index contributed by atoms with van der Waals surface area (Å²) in [5.41, 5.74) is 1.14. The van der Waals surface area contributed by atoms with Gasteiger partial charge in [-0.3, -0.25) is 4.79 Å². The fourth-order valence-electron chi connectivity index (χ4n) is 3.49. The van der Waals surface area contributed by atoms with E-state index >= 15 is 0 Å². The van der Waals surface area contributed by atoms with Gasteiger partial charge in [-0.15, -0.1) is 11.8 Å². The number of nitrogens with one attached hydrogen (secondary N) is 1. The minimum atomic E-state index is -3.60. The molecule has 4 rings (SSSR count). The average molecular weight is 437 g/mol. The van der Waals surface area contributed by atoms with Crippen LogP contribution in [0.2, 0.25) is 0 Å². The van der Waals surface area contributed by atoms with Crippen LogP contribution in [0.4, 0.5) is 4.39 Å². The third kappa shape index (κ3) is 4.18. The van der Waals surface area contributed by atoms with Crippen molar-refractivity contribution in [3.8, 4) is 0 Å². The first-order valence-electron chi connectivity index (χ1n) is 9.37. The molecule has 2 aliphatic heterocycles. The quantitative estimate of drug-likeness (QED) is 0.798. The molecule has 0 aliphatic carbocycles. The largest absolute Gasteiger partial charge is 0.379 e. The first kappa shape index (κ1) is 20.3. The van der Waals surface area contributed by atoms with E-state index in [-0.39, 0.29) is 22.7 Å². The number of benzene rings is 2. The van der Waals surface area contributed by atoms with Gasteiger partial charge in [0, 0.05) is 29.3 Å². The number of ether oxygens (including phenoxy) is 1. The van der Waals surface area contributed by atoms with Crippen LogP contribution in [0.25, 0.3) is 0 Å². The monoisotopic (exact) mass is 436 g/mol. The molecule has 1 saturated heterocycles. The molecule has 2 aromatic carbocycles.